The van der Waals surface area contributed by atoms with E-state index in [0.717, 1.165) is 23.0 Å². The van der Waals surface area contributed by atoms with Gasteiger partial charge in [0.1, 0.15) is 5.82 Å². The second-order valence-corrected chi connectivity index (χ2v) is 4.84. The van der Waals surface area contributed by atoms with Crippen molar-refractivity contribution in [2.75, 3.05) is 0 Å². The predicted molar refractivity (Wildman–Crippen MR) is 66.6 cm³/mol. The highest BCUT2D eigenvalue weighted by atomic mass is 19.1. The van der Waals surface area contributed by atoms with Crippen LogP contribution in [0, 0.1) is 5.82 Å². The molecule has 0 N–H and O–H groups in total. The Balaban J connectivity index is 2.18. The molecule has 1 heterocycles. The molecule has 2 aromatic rings. The van der Waals surface area contributed by atoms with E-state index in [1.165, 1.54) is 31.7 Å². The van der Waals surface area contributed by atoms with E-state index in [1.807, 2.05) is 6.07 Å². The van der Waals surface area contributed by atoms with Gasteiger partial charge in [0, 0.05) is 5.39 Å². The summed E-state index contributed by atoms with van der Waals surface area (Å²) in [4.78, 5) is 0. The summed E-state index contributed by atoms with van der Waals surface area (Å²) < 4.78 is 15.4. The molecule has 17 heavy (non-hydrogen) atoms. The molecule has 0 bridgehead atoms. The number of nitrogens with zero attached hydrogens (tertiary/aromatic N) is 2. The summed E-state index contributed by atoms with van der Waals surface area (Å²) in [5.74, 6) is -0.167. The first-order valence-corrected chi connectivity index (χ1v) is 6.46. The molecular weight excluding hydrogens is 215 g/mol. The SMILES string of the molecule is CCc1nn(C2CCCC2)c2cc(F)ccc12. The fourth-order valence-corrected chi connectivity index (χ4v) is 2.86. The van der Waals surface area contributed by atoms with Crippen LogP contribution >= 0.6 is 0 Å². The number of hydrogen-bond donors (Lipinski definition) is 0. The van der Waals surface area contributed by atoms with E-state index < -0.39 is 0 Å². The van der Waals surface area contributed by atoms with E-state index in [2.05, 4.69) is 16.7 Å². The maximum Gasteiger partial charge on any atom is 0.125 e. The molecule has 90 valence electrons. The second kappa shape index (κ2) is 4.13. The van der Waals surface area contributed by atoms with E-state index in [1.54, 1.807) is 6.07 Å². The monoisotopic (exact) mass is 232 g/mol. The Morgan fingerprint density at radius 2 is 2.12 bits per heavy atom. The third-order valence-electron chi connectivity index (χ3n) is 3.75. The summed E-state index contributed by atoms with van der Waals surface area (Å²) >= 11 is 0. The largest absolute Gasteiger partial charge is 0.261 e. The van der Waals surface area contributed by atoms with Crippen molar-refractivity contribution in [3.05, 3.63) is 29.7 Å². The first-order valence-electron chi connectivity index (χ1n) is 6.46. The molecule has 1 fully saturated rings. The molecule has 0 atom stereocenters. The quantitative estimate of drug-likeness (QED) is 0.769. The molecule has 0 amide bonds. The van der Waals surface area contributed by atoms with Gasteiger partial charge in [-0.05, 0) is 37.5 Å². The Labute approximate surface area is 100 Å². The molecular formula is C14H17FN2. The minimum atomic E-state index is -0.167. The van der Waals surface area contributed by atoms with Crippen LogP contribution in [-0.4, -0.2) is 9.78 Å². The van der Waals surface area contributed by atoms with Gasteiger partial charge in [-0.15, -0.1) is 0 Å². The number of rotatable bonds is 2. The molecule has 1 aromatic heterocycles. The third kappa shape index (κ3) is 1.74. The van der Waals surface area contributed by atoms with Crippen LogP contribution in [0.4, 0.5) is 4.39 Å². The van der Waals surface area contributed by atoms with Crippen LogP contribution in [0.3, 0.4) is 0 Å². The lowest BCUT2D eigenvalue weighted by Gasteiger charge is -2.11. The molecule has 3 heteroatoms. The maximum atomic E-state index is 13.4. The summed E-state index contributed by atoms with van der Waals surface area (Å²) in [6.45, 7) is 2.10. The van der Waals surface area contributed by atoms with Crippen molar-refractivity contribution >= 4 is 10.9 Å². The van der Waals surface area contributed by atoms with Crippen LogP contribution in [0.15, 0.2) is 18.2 Å². The minimum absolute atomic E-state index is 0.167. The van der Waals surface area contributed by atoms with Crippen LogP contribution in [0.5, 0.6) is 0 Å². The average molecular weight is 232 g/mol. The van der Waals surface area contributed by atoms with Crippen LogP contribution in [-0.2, 0) is 6.42 Å². The molecule has 1 aliphatic carbocycles. The van der Waals surface area contributed by atoms with Crippen molar-refractivity contribution in [1.29, 1.82) is 0 Å². The lowest BCUT2D eigenvalue weighted by Crippen LogP contribution is -2.06. The van der Waals surface area contributed by atoms with Gasteiger partial charge in [0.2, 0.25) is 0 Å². The molecule has 0 unspecified atom stereocenters. The van der Waals surface area contributed by atoms with Crippen molar-refractivity contribution in [3.8, 4) is 0 Å². The van der Waals surface area contributed by atoms with Crippen molar-refractivity contribution in [1.82, 2.24) is 9.78 Å². The highest BCUT2D eigenvalue weighted by molar-refractivity contribution is 5.82. The minimum Gasteiger partial charge on any atom is -0.261 e. The molecule has 0 spiro atoms. The molecule has 3 rings (SSSR count). The van der Waals surface area contributed by atoms with E-state index in [9.17, 15) is 4.39 Å². The topological polar surface area (TPSA) is 17.8 Å². The van der Waals surface area contributed by atoms with Crippen molar-refractivity contribution in [2.45, 2.75) is 45.1 Å². The first kappa shape index (κ1) is 10.8. The number of hydrogen-bond acceptors (Lipinski definition) is 1. The Morgan fingerprint density at radius 1 is 1.35 bits per heavy atom. The zero-order valence-electron chi connectivity index (χ0n) is 10.1. The summed E-state index contributed by atoms with van der Waals surface area (Å²) in [5, 5.41) is 5.79. The normalized spacial score (nSPS) is 17.1. The van der Waals surface area contributed by atoms with Crippen LogP contribution in [0.2, 0.25) is 0 Å². The number of aromatic nitrogens is 2. The fraction of sp³-hybridized carbons (Fsp3) is 0.500. The van der Waals surface area contributed by atoms with Gasteiger partial charge < -0.3 is 0 Å². The highest BCUT2D eigenvalue weighted by Crippen LogP contribution is 2.33. The standard InChI is InChI=1S/C14H17FN2/c1-2-13-12-8-7-10(15)9-14(12)17(16-13)11-5-3-4-6-11/h7-9,11H,2-6H2,1H3. The predicted octanol–water partition coefficient (Wildman–Crippen LogP) is 3.85. The Bertz CT molecular complexity index is 538. The average Bonchev–Trinajstić information content (AvgIpc) is 2.94. The van der Waals surface area contributed by atoms with Crippen LogP contribution in [0.1, 0.15) is 44.3 Å². The van der Waals surface area contributed by atoms with Crippen LogP contribution in [0.25, 0.3) is 10.9 Å². The number of aryl methyl sites for hydroxylation is 1. The first-order chi connectivity index (χ1) is 8.29. The zero-order chi connectivity index (χ0) is 11.8. The van der Waals surface area contributed by atoms with Crippen molar-refractivity contribution in [2.24, 2.45) is 0 Å². The van der Waals surface area contributed by atoms with Crippen molar-refractivity contribution < 1.29 is 4.39 Å². The molecule has 1 saturated carbocycles. The molecule has 1 aromatic carbocycles. The van der Waals surface area contributed by atoms with Gasteiger partial charge in [-0.1, -0.05) is 19.8 Å². The van der Waals surface area contributed by atoms with Gasteiger partial charge in [-0.2, -0.15) is 5.10 Å². The van der Waals surface area contributed by atoms with Gasteiger partial charge in [0.15, 0.2) is 0 Å². The van der Waals surface area contributed by atoms with Gasteiger partial charge in [0.05, 0.1) is 17.3 Å². The lowest BCUT2D eigenvalue weighted by molar-refractivity contribution is 0.477. The Morgan fingerprint density at radius 3 is 2.82 bits per heavy atom. The highest BCUT2D eigenvalue weighted by Gasteiger charge is 2.21. The Kier molecular flexibility index (Phi) is 2.61. The van der Waals surface area contributed by atoms with E-state index in [-0.39, 0.29) is 5.82 Å². The Hall–Kier alpha value is -1.38. The van der Waals surface area contributed by atoms with Gasteiger partial charge in [-0.25, -0.2) is 4.39 Å². The summed E-state index contributed by atoms with van der Waals surface area (Å²) in [7, 11) is 0. The number of fused-ring (bicyclic) bond motifs is 1. The summed E-state index contributed by atoms with van der Waals surface area (Å²) in [5.41, 5.74) is 2.06. The third-order valence-corrected chi connectivity index (χ3v) is 3.75. The lowest BCUT2D eigenvalue weighted by atomic mass is 10.1. The second-order valence-electron chi connectivity index (χ2n) is 4.84. The number of halogens is 1. The summed E-state index contributed by atoms with van der Waals surface area (Å²) in [6, 6.07) is 5.49. The molecule has 0 saturated heterocycles. The van der Waals surface area contributed by atoms with Gasteiger partial charge in [0.25, 0.3) is 0 Å². The molecule has 2 nitrogen and oxygen atoms in total. The smallest absolute Gasteiger partial charge is 0.125 e. The molecule has 1 aliphatic rings. The summed E-state index contributed by atoms with van der Waals surface area (Å²) in [6.07, 6.45) is 5.79. The fourth-order valence-electron chi connectivity index (χ4n) is 2.86. The zero-order valence-corrected chi connectivity index (χ0v) is 10.1. The molecule has 0 radical (unpaired) electrons. The maximum absolute atomic E-state index is 13.4. The molecule has 0 aliphatic heterocycles. The van der Waals surface area contributed by atoms with Gasteiger partial charge in [-0.3, -0.25) is 4.68 Å². The van der Waals surface area contributed by atoms with Crippen LogP contribution < -0.4 is 0 Å². The van der Waals surface area contributed by atoms with E-state index in [4.69, 9.17) is 0 Å². The van der Waals surface area contributed by atoms with E-state index >= 15 is 0 Å². The van der Waals surface area contributed by atoms with E-state index in [0.29, 0.717) is 6.04 Å². The number of benzene rings is 1. The van der Waals surface area contributed by atoms with Gasteiger partial charge >= 0.3 is 0 Å². The van der Waals surface area contributed by atoms with Crippen molar-refractivity contribution in [3.63, 3.8) is 0 Å².